The third kappa shape index (κ3) is 6.23. The highest BCUT2D eigenvalue weighted by Crippen LogP contribution is 2.27. The van der Waals surface area contributed by atoms with E-state index in [1.807, 2.05) is 36.6 Å². The molecule has 1 N–H and O–H groups in total. The number of aromatic nitrogens is 1. The quantitative estimate of drug-likeness (QED) is 0.539. The lowest BCUT2D eigenvalue weighted by molar-refractivity contribution is -0.151. The van der Waals surface area contributed by atoms with E-state index in [1.165, 1.54) is 23.3 Å². The highest BCUT2D eigenvalue weighted by molar-refractivity contribution is 7.20. The van der Waals surface area contributed by atoms with Crippen LogP contribution in [0.15, 0.2) is 47.2 Å². The minimum absolute atomic E-state index is 0.00716. The van der Waals surface area contributed by atoms with Crippen LogP contribution in [0.2, 0.25) is 0 Å². The smallest absolute Gasteiger partial charge is 0.312 e. The van der Waals surface area contributed by atoms with Crippen molar-refractivity contribution in [2.24, 2.45) is 0 Å². The first-order chi connectivity index (χ1) is 14.4. The lowest BCUT2D eigenvalue weighted by Gasteiger charge is -2.16. The number of thiazole rings is 1. The Kier molecular flexibility index (Phi) is 7.31. The van der Waals surface area contributed by atoms with Crippen LogP contribution in [-0.4, -0.2) is 47.9 Å². The average molecular weight is 444 g/mol. The Balaban J connectivity index is 1.41. The number of carbonyl (C=O) groups is 3. The van der Waals surface area contributed by atoms with E-state index in [4.69, 9.17) is 4.74 Å². The summed E-state index contributed by atoms with van der Waals surface area (Å²) < 4.78 is 5.05. The van der Waals surface area contributed by atoms with E-state index in [-0.39, 0.29) is 18.9 Å². The van der Waals surface area contributed by atoms with E-state index < -0.39 is 18.5 Å². The molecule has 1 aromatic carbocycles. The number of anilines is 1. The lowest BCUT2D eigenvalue weighted by atomic mass is 10.2. The number of aryl methyl sites for hydroxylation is 1. The summed E-state index contributed by atoms with van der Waals surface area (Å²) >= 11 is 3.04. The van der Waals surface area contributed by atoms with Crippen LogP contribution >= 0.6 is 22.7 Å². The Bertz CT molecular complexity index is 1010. The molecule has 3 rings (SSSR count). The summed E-state index contributed by atoms with van der Waals surface area (Å²) in [5.74, 6) is -1.33. The number of rotatable bonds is 8. The fourth-order valence-electron chi connectivity index (χ4n) is 2.49. The zero-order chi connectivity index (χ0) is 21.5. The second-order valence-electron chi connectivity index (χ2n) is 6.62. The molecule has 9 heteroatoms. The number of esters is 1. The molecule has 0 aliphatic carbocycles. The number of thiophene rings is 1. The number of amides is 2. The number of hydrogen-bond acceptors (Lipinski definition) is 7. The topological polar surface area (TPSA) is 88.6 Å². The van der Waals surface area contributed by atoms with Gasteiger partial charge >= 0.3 is 5.97 Å². The van der Waals surface area contributed by atoms with Gasteiger partial charge in [-0.05, 0) is 30.5 Å². The van der Waals surface area contributed by atoms with Crippen molar-refractivity contribution in [3.8, 4) is 9.88 Å². The first-order valence-corrected chi connectivity index (χ1v) is 10.9. The number of likely N-dealkylation sites (N-methyl/N-ethyl adjacent to an activating group) is 1. The monoisotopic (exact) mass is 443 g/mol. The molecule has 0 saturated heterocycles. The van der Waals surface area contributed by atoms with Gasteiger partial charge in [0.05, 0.1) is 23.5 Å². The molecule has 2 heterocycles. The number of ether oxygens (including phenoxy) is 1. The van der Waals surface area contributed by atoms with Crippen LogP contribution in [0.5, 0.6) is 0 Å². The maximum absolute atomic E-state index is 12.1. The van der Waals surface area contributed by atoms with Crippen LogP contribution in [0.3, 0.4) is 0 Å². The molecule has 7 nitrogen and oxygen atoms in total. The molecular weight excluding hydrogens is 422 g/mol. The van der Waals surface area contributed by atoms with E-state index in [9.17, 15) is 14.4 Å². The summed E-state index contributed by atoms with van der Waals surface area (Å²) in [6.07, 6.45) is -0.00716. The van der Waals surface area contributed by atoms with Crippen molar-refractivity contribution < 1.29 is 19.1 Å². The van der Waals surface area contributed by atoms with Crippen molar-refractivity contribution in [1.29, 1.82) is 0 Å². The van der Waals surface area contributed by atoms with Crippen LogP contribution in [0.1, 0.15) is 11.3 Å². The first kappa shape index (κ1) is 21.7. The van der Waals surface area contributed by atoms with Crippen LogP contribution in [-0.2, 0) is 25.5 Å². The molecule has 0 saturated carbocycles. The van der Waals surface area contributed by atoms with Gasteiger partial charge in [0.1, 0.15) is 5.01 Å². The molecule has 2 aromatic heterocycles. The number of nitrogens with zero attached hydrogens (tertiary/aromatic N) is 2. The Morgan fingerprint density at radius 1 is 1.13 bits per heavy atom. The normalized spacial score (nSPS) is 10.5. The van der Waals surface area contributed by atoms with Crippen molar-refractivity contribution >= 4 is 46.1 Å². The summed E-state index contributed by atoms with van der Waals surface area (Å²) in [6, 6.07) is 11.3. The zero-order valence-corrected chi connectivity index (χ0v) is 18.2. The third-order valence-corrected chi connectivity index (χ3v) is 6.04. The summed E-state index contributed by atoms with van der Waals surface area (Å²) in [7, 11) is 1.48. The minimum Gasteiger partial charge on any atom is -0.455 e. The van der Waals surface area contributed by atoms with Crippen molar-refractivity contribution in [1.82, 2.24) is 9.88 Å². The van der Waals surface area contributed by atoms with Crippen LogP contribution in [0, 0.1) is 6.92 Å². The fraction of sp³-hybridized carbons (Fsp3) is 0.238. The third-order valence-electron chi connectivity index (χ3n) is 4.11. The average Bonchev–Trinajstić information content (AvgIpc) is 3.39. The fourth-order valence-corrected chi connectivity index (χ4v) is 4.13. The summed E-state index contributed by atoms with van der Waals surface area (Å²) in [4.78, 5) is 42.9. The van der Waals surface area contributed by atoms with Gasteiger partial charge in [0.25, 0.3) is 5.91 Å². The molecule has 0 radical (unpaired) electrons. The van der Waals surface area contributed by atoms with Gasteiger partial charge in [-0.2, -0.15) is 0 Å². The lowest BCUT2D eigenvalue weighted by Crippen LogP contribution is -2.37. The summed E-state index contributed by atoms with van der Waals surface area (Å²) in [5.41, 5.74) is 2.34. The molecule has 2 amide bonds. The SMILES string of the molecule is Cc1ccc(NC(=O)CN(C)C(=O)COC(=O)Cc2csc(-c3cccs3)n2)cc1. The number of nitrogens with one attached hydrogen (secondary N) is 1. The van der Waals surface area contributed by atoms with E-state index in [0.29, 0.717) is 11.4 Å². The zero-order valence-electron chi connectivity index (χ0n) is 16.6. The van der Waals surface area contributed by atoms with Crippen LogP contribution in [0.4, 0.5) is 5.69 Å². The molecule has 156 valence electrons. The second kappa shape index (κ2) is 10.1. The second-order valence-corrected chi connectivity index (χ2v) is 8.43. The largest absolute Gasteiger partial charge is 0.455 e. The predicted octanol–water partition coefficient (Wildman–Crippen LogP) is 3.36. The van der Waals surface area contributed by atoms with Gasteiger partial charge in [-0.3, -0.25) is 14.4 Å². The Morgan fingerprint density at radius 3 is 2.60 bits per heavy atom. The minimum atomic E-state index is -0.538. The predicted molar refractivity (Wildman–Crippen MR) is 118 cm³/mol. The Hall–Kier alpha value is -3.04. The molecule has 3 aromatic rings. The standard InChI is InChI=1S/C21H21N3O4S2/c1-14-5-7-15(8-6-14)22-18(25)11-24(2)19(26)12-28-20(27)10-16-13-30-21(23-16)17-4-3-9-29-17/h3-9,13H,10-12H2,1-2H3,(H,22,25). The van der Waals surface area contributed by atoms with Gasteiger partial charge in [0.15, 0.2) is 6.61 Å². The van der Waals surface area contributed by atoms with Crippen LogP contribution in [0.25, 0.3) is 9.88 Å². The van der Waals surface area contributed by atoms with Crippen molar-refractivity contribution in [3.05, 3.63) is 58.4 Å². The molecule has 0 atom stereocenters. The molecule has 0 spiro atoms. The van der Waals surface area contributed by atoms with Gasteiger partial charge in [0, 0.05) is 18.1 Å². The van der Waals surface area contributed by atoms with Crippen molar-refractivity contribution in [2.75, 3.05) is 25.5 Å². The Morgan fingerprint density at radius 2 is 1.90 bits per heavy atom. The maximum Gasteiger partial charge on any atom is 0.312 e. The molecule has 0 aliphatic rings. The first-order valence-electron chi connectivity index (χ1n) is 9.15. The summed E-state index contributed by atoms with van der Waals surface area (Å²) in [6.45, 7) is 1.39. The van der Waals surface area contributed by atoms with Gasteiger partial charge < -0.3 is 15.0 Å². The van der Waals surface area contributed by atoms with E-state index in [2.05, 4.69) is 10.3 Å². The van der Waals surface area contributed by atoms with E-state index in [0.717, 1.165) is 15.4 Å². The van der Waals surface area contributed by atoms with E-state index >= 15 is 0 Å². The number of hydrogen-bond donors (Lipinski definition) is 1. The van der Waals surface area contributed by atoms with Crippen molar-refractivity contribution in [3.63, 3.8) is 0 Å². The van der Waals surface area contributed by atoms with Gasteiger partial charge in [-0.25, -0.2) is 4.98 Å². The van der Waals surface area contributed by atoms with Crippen molar-refractivity contribution in [2.45, 2.75) is 13.3 Å². The maximum atomic E-state index is 12.1. The highest BCUT2D eigenvalue weighted by atomic mass is 32.1. The molecule has 0 fully saturated rings. The Labute approximate surface area is 182 Å². The molecule has 0 aliphatic heterocycles. The van der Waals surface area contributed by atoms with Gasteiger partial charge in [-0.1, -0.05) is 23.8 Å². The molecule has 30 heavy (non-hydrogen) atoms. The van der Waals surface area contributed by atoms with E-state index in [1.54, 1.807) is 28.8 Å². The molecule has 0 bridgehead atoms. The van der Waals surface area contributed by atoms with Gasteiger partial charge in [-0.15, -0.1) is 22.7 Å². The highest BCUT2D eigenvalue weighted by Gasteiger charge is 2.16. The number of benzene rings is 1. The van der Waals surface area contributed by atoms with Gasteiger partial charge in [0.2, 0.25) is 5.91 Å². The molecular formula is C21H21N3O4S2. The molecule has 0 unspecified atom stereocenters. The number of carbonyl (C=O) groups excluding carboxylic acids is 3. The summed E-state index contributed by atoms with van der Waals surface area (Å²) in [5, 5.41) is 7.34. The van der Waals surface area contributed by atoms with Crippen LogP contribution < -0.4 is 5.32 Å².